The SMILES string of the molecule is O=C1C(=O)N(Cc2ccccc2)CC1=Cc1ccccc1. The first-order valence-corrected chi connectivity index (χ1v) is 6.87. The van der Waals surface area contributed by atoms with Gasteiger partial charge in [-0.3, -0.25) is 9.59 Å². The molecule has 0 unspecified atom stereocenters. The van der Waals surface area contributed by atoms with Gasteiger partial charge < -0.3 is 4.90 Å². The summed E-state index contributed by atoms with van der Waals surface area (Å²) < 4.78 is 0. The van der Waals surface area contributed by atoms with Crippen molar-refractivity contribution < 1.29 is 9.59 Å². The molecule has 1 fully saturated rings. The second-order valence-electron chi connectivity index (χ2n) is 5.06. The highest BCUT2D eigenvalue weighted by molar-refractivity contribution is 6.45. The minimum Gasteiger partial charge on any atom is -0.327 e. The number of nitrogens with zero attached hydrogens (tertiary/aromatic N) is 1. The fourth-order valence-electron chi connectivity index (χ4n) is 2.42. The average Bonchev–Trinajstić information content (AvgIpc) is 2.78. The lowest BCUT2D eigenvalue weighted by Gasteiger charge is -2.13. The maximum Gasteiger partial charge on any atom is 0.295 e. The standard InChI is InChI=1S/C18H15NO2/c20-17-16(11-14-7-3-1-4-8-14)13-19(18(17)21)12-15-9-5-2-6-10-15/h1-11H,12-13H2. The number of rotatable bonds is 3. The third-order valence-electron chi connectivity index (χ3n) is 3.49. The number of amides is 1. The molecule has 1 aliphatic heterocycles. The Kier molecular flexibility index (Phi) is 3.65. The third-order valence-corrected chi connectivity index (χ3v) is 3.49. The first kappa shape index (κ1) is 13.3. The van der Waals surface area contributed by atoms with Gasteiger partial charge in [-0.25, -0.2) is 0 Å². The number of carbonyl (C=O) groups is 2. The highest BCUT2D eigenvalue weighted by atomic mass is 16.2. The molecule has 1 amide bonds. The molecule has 1 heterocycles. The summed E-state index contributed by atoms with van der Waals surface area (Å²) in [5, 5.41) is 0. The van der Waals surface area contributed by atoms with Crippen LogP contribution >= 0.6 is 0 Å². The van der Waals surface area contributed by atoms with Crippen molar-refractivity contribution in [2.75, 3.05) is 6.54 Å². The summed E-state index contributed by atoms with van der Waals surface area (Å²) in [4.78, 5) is 25.7. The number of Topliss-reactive ketones (excluding diaryl/α,β-unsaturated/α-hetero) is 1. The number of hydrogen-bond acceptors (Lipinski definition) is 2. The topological polar surface area (TPSA) is 37.4 Å². The zero-order valence-corrected chi connectivity index (χ0v) is 11.5. The van der Waals surface area contributed by atoms with E-state index in [2.05, 4.69) is 0 Å². The number of carbonyl (C=O) groups excluding carboxylic acids is 2. The van der Waals surface area contributed by atoms with E-state index >= 15 is 0 Å². The van der Waals surface area contributed by atoms with Crippen LogP contribution in [0.1, 0.15) is 11.1 Å². The van der Waals surface area contributed by atoms with E-state index in [0.717, 1.165) is 11.1 Å². The van der Waals surface area contributed by atoms with Crippen molar-refractivity contribution in [3.8, 4) is 0 Å². The van der Waals surface area contributed by atoms with E-state index in [1.54, 1.807) is 11.0 Å². The van der Waals surface area contributed by atoms with Crippen molar-refractivity contribution in [1.29, 1.82) is 0 Å². The summed E-state index contributed by atoms with van der Waals surface area (Å²) in [6, 6.07) is 19.3. The maximum atomic E-state index is 12.1. The summed E-state index contributed by atoms with van der Waals surface area (Å²) in [6.07, 6.45) is 1.80. The van der Waals surface area contributed by atoms with Crippen LogP contribution in [0.25, 0.3) is 6.08 Å². The van der Waals surface area contributed by atoms with Crippen LogP contribution in [0.3, 0.4) is 0 Å². The lowest BCUT2D eigenvalue weighted by Crippen LogP contribution is -2.26. The molecule has 2 aromatic carbocycles. The quantitative estimate of drug-likeness (QED) is 0.639. The van der Waals surface area contributed by atoms with Gasteiger partial charge in [0.25, 0.3) is 5.91 Å². The van der Waals surface area contributed by atoms with Crippen LogP contribution in [-0.4, -0.2) is 23.1 Å². The fourth-order valence-corrected chi connectivity index (χ4v) is 2.42. The summed E-state index contributed by atoms with van der Waals surface area (Å²) in [5.41, 5.74) is 2.52. The van der Waals surface area contributed by atoms with Crippen molar-refractivity contribution in [2.45, 2.75) is 6.54 Å². The Labute approximate surface area is 123 Å². The Morgan fingerprint density at radius 3 is 2.19 bits per heavy atom. The molecular weight excluding hydrogens is 262 g/mol. The van der Waals surface area contributed by atoms with Crippen molar-refractivity contribution in [3.05, 3.63) is 77.4 Å². The fraction of sp³-hybridized carbons (Fsp3) is 0.111. The van der Waals surface area contributed by atoms with Crippen LogP contribution in [0.15, 0.2) is 66.2 Å². The molecule has 3 heteroatoms. The van der Waals surface area contributed by atoms with Crippen molar-refractivity contribution in [2.24, 2.45) is 0 Å². The Hall–Kier alpha value is -2.68. The molecule has 104 valence electrons. The predicted molar refractivity (Wildman–Crippen MR) is 81.3 cm³/mol. The highest BCUT2D eigenvalue weighted by Gasteiger charge is 2.33. The summed E-state index contributed by atoms with van der Waals surface area (Å²) in [5.74, 6) is -0.809. The molecule has 21 heavy (non-hydrogen) atoms. The van der Waals surface area contributed by atoms with Gasteiger partial charge in [0.15, 0.2) is 0 Å². The van der Waals surface area contributed by atoms with Gasteiger partial charge in [0.1, 0.15) is 0 Å². The molecule has 2 aromatic rings. The molecule has 3 rings (SSSR count). The van der Waals surface area contributed by atoms with E-state index in [1.165, 1.54) is 0 Å². The first-order valence-electron chi connectivity index (χ1n) is 6.87. The Morgan fingerprint density at radius 2 is 1.52 bits per heavy atom. The zero-order chi connectivity index (χ0) is 14.7. The molecule has 1 saturated heterocycles. The molecule has 0 N–H and O–H groups in total. The van der Waals surface area contributed by atoms with Crippen LogP contribution in [0.4, 0.5) is 0 Å². The molecular formula is C18H15NO2. The zero-order valence-electron chi connectivity index (χ0n) is 11.5. The van der Waals surface area contributed by atoms with Crippen LogP contribution in [-0.2, 0) is 16.1 Å². The van der Waals surface area contributed by atoms with E-state index in [0.29, 0.717) is 18.7 Å². The van der Waals surface area contributed by atoms with Crippen LogP contribution in [0.5, 0.6) is 0 Å². The minimum absolute atomic E-state index is 0.376. The Balaban J connectivity index is 1.80. The van der Waals surface area contributed by atoms with E-state index < -0.39 is 11.7 Å². The highest BCUT2D eigenvalue weighted by Crippen LogP contribution is 2.19. The van der Waals surface area contributed by atoms with Gasteiger partial charge in [-0.05, 0) is 17.2 Å². The molecule has 3 nitrogen and oxygen atoms in total. The number of benzene rings is 2. The van der Waals surface area contributed by atoms with Gasteiger partial charge in [-0.2, -0.15) is 0 Å². The predicted octanol–water partition coefficient (Wildman–Crippen LogP) is 2.68. The molecule has 0 aromatic heterocycles. The van der Waals surface area contributed by atoms with Crippen LogP contribution in [0.2, 0.25) is 0 Å². The second-order valence-corrected chi connectivity index (χ2v) is 5.06. The van der Waals surface area contributed by atoms with Gasteiger partial charge in [-0.15, -0.1) is 0 Å². The number of hydrogen-bond donors (Lipinski definition) is 0. The largest absolute Gasteiger partial charge is 0.327 e. The van der Waals surface area contributed by atoms with E-state index in [9.17, 15) is 9.59 Å². The summed E-state index contributed by atoms with van der Waals surface area (Å²) in [7, 11) is 0. The molecule has 0 radical (unpaired) electrons. The lowest BCUT2D eigenvalue weighted by atomic mass is 10.1. The van der Waals surface area contributed by atoms with Gasteiger partial charge in [0.05, 0.1) is 6.54 Å². The van der Waals surface area contributed by atoms with Gasteiger partial charge in [-0.1, -0.05) is 60.7 Å². The van der Waals surface area contributed by atoms with Crippen molar-refractivity contribution in [3.63, 3.8) is 0 Å². The summed E-state index contributed by atoms with van der Waals surface area (Å²) in [6.45, 7) is 0.846. The Morgan fingerprint density at radius 1 is 0.905 bits per heavy atom. The van der Waals surface area contributed by atoms with Gasteiger partial charge >= 0.3 is 0 Å². The number of likely N-dealkylation sites (tertiary alicyclic amines) is 1. The molecule has 0 bridgehead atoms. The van der Waals surface area contributed by atoms with Gasteiger partial charge in [0, 0.05) is 12.1 Å². The van der Waals surface area contributed by atoms with E-state index in [4.69, 9.17) is 0 Å². The van der Waals surface area contributed by atoms with Crippen molar-refractivity contribution in [1.82, 2.24) is 4.90 Å². The van der Waals surface area contributed by atoms with Crippen LogP contribution < -0.4 is 0 Å². The average molecular weight is 277 g/mol. The summed E-state index contributed by atoms with van der Waals surface area (Å²) >= 11 is 0. The molecule has 0 aliphatic carbocycles. The van der Waals surface area contributed by atoms with Crippen LogP contribution in [0, 0.1) is 0 Å². The van der Waals surface area contributed by atoms with Crippen molar-refractivity contribution >= 4 is 17.8 Å². The van der Waals surface area contributed by atoms with E-state index in [-0.39, 0.29) is 0 Å². The minimum atomic E-state index is -0.416. The molecule has 0 atom stereocenters. The molecule has 0 spiro atoms. The second kappa shape index (κ2) is 5.75. The molecule has 1 aliphatic rings. The van der Waals surface area contributed by atoms with E-state index in [1.807, 2.05) is 60.7 Å². The Bertz CT molecular complexity index is 690. The number of ketones is 1. The van der Waals surface area contributed by atoms with Gasteiger partial charge in [0.2, 0.25) is 5.78 Å². The third kappa shape index (κ3) is 2.92. The maximum absolute atomic E-state index is 12.1. The smallest absolute Gasteiger partial charge is 0.295 e. The monoisotopic (exact) mass is 277 g/mol. The normalized spacial score (nSPS) is 16.8. The lowest BCUT2D eigenvalue weighted by molar-refractivity contribution is -0.139. The first-order chi connectivity index (χ1) is 10.2. The molecule has 0 saturated carbocycles.